The molecule has 1 amide bonds. The minimum Gasteiger partial charge on any atom is -0.376 e. The number of rotatable bonds is 4. The van der Waals surface area contributed by atoms with Crippen LogP contribution in [-0.2, 0) is 9.53 Å². The summed E-state index contributed by atoms with van der Waals surface area (Å²) in [5, 5.41) is 3.22. The largest absolute Gasteiger partial charge is 0.376 e. The molecular formula is C18H25FN4O2. The number of likely N-dealkylation sites (N-methyl/N-ethyl adjacent to an activating group) is 1. The molecule has 2 saturated heterocycles. The van der Waals surface area contributed by atoms with E-state index < -0.39 is 0 Å². The molecule has 3 aliphatic rings. The van der Waals surface area contributed by atoms with Crippen molar-refractivity contribution in [1.29, 1.82) is 0 Å². The van der Waals surface area contributed by atoms with E-state index in [2.05, 4.69) is 21.1 Å². The van der Waals surface area contributed by atoms with Gasteiger partial charge in [0.05, 0.1) is 30.1 Å². The Kier molecular flexibility index (Phi) is 4.49. The fourth-order valence-corrected chi connectivity index (χ4v) is 4.52. The van der Waals surface area contributed by atoms with E-state index in [9.17, 15) is 9.18 Å². The third kappa shape index (κ3) is 2.85. The Morgan fingerprint density at radius 2 is 2.16 bits per heavy atom. The zero-order chi connectivity index (χ0) is 17.6. The Morgan fingerprint density at radius 3 is 2.92 bits per heavy atom. The van der Waals surface area contributed by atoms with E-state index in [1.54, 1.807) is 18.2 Å². The summed E-state index contributed by atoms with van der Waals surface area (Å²) in [5.41, 5.74) is 6.58. The van der Waals surface area contributed by atoms with Crippen LogP contribution in [0.15, 0.2) is 24.3 Å². The molecule has 0 radical (unpaired) electrons. The lowest BCUT2D eigenvalue weighted by Gasteiger charge is -2.51. The lowest BCUT2D eigenvalue weighted by Crippen LogP contribution is -2.70. The predicted octanol–water partition coefficient (Wildman–Crippen LogP) is 0.425. The van der Waals surface area contributed by atoms with Crippen molar-refractivity contribution in [2.24, 2.45) is 11.8 Å². The second-order valence-corrected chi connectivity index (χ2v) is 7.41. The molecule has 6 nitrogen and oxygen atoms in total. The molecule has 6 atom stereocenters. The Morgan fingerprint density at radius 1 is 1.36 bits per heavy atom. The summed E-state index contributed by atoms with van der Waals surface area (Å²) in [5.74, 6) is -0.291. The highest BCUT2D eigenvalue weighted by Crippen LogP contribution is 2.41. The van der Waals surface area contributed by atoms with Crippen LogP contribution in [0.2, 0.25) is 0 Å². The fourth-order valence-electron chi connectivity index (χ4n) is 4.52. The monoisotopic (exact) mass is 348 g/mol. The van der Waals surface area contributed by atoms with Gasteiger partial charge in [-0.3, -0.25) is 10.2 Å². The van der Waals surface area contributed by atoms with Crippen molar-refractivity contribution >= 4 is 5.91 Å². The number of amides is 1. The number of nitrogens with zero attached hydrogens (tertiary/aromatic N) is 1. The second kappa shape index (κ2) is 6.64. The van der Waals surface area contributed by atoms with Crippen LogP contribution < -0.4 is 16.2 Å². The third-order valence-corrected chi connectivity index (χ3v) is 5.81. The summed E-state index contributed by atoms with van der Waals surface area (Å²) in [6, 6.07) is 6.54. The van der Waals surface area contributed by atoms with E-state index in [4.69, 9.17) is 4.74 Å². The van der Waals surface area contributed by atoms with Gasteiger partial charge in [-0.05, 0) is 26.6 Å². The van der Waals surface area contributed by atoms with Crippen molar-refractivity contribution in [2.45, 2.75) is 30.7 Å². The highest BCUT2D eigenvalue weighted by molar-refractivity contribution is 5.81. The van der Waals surface area contributed by atoms with Gasteiger partial charge in [-0.25, -0.2) is 9.82 Å². The van der Waals surface area contributed by atoms with Gasteiger partial charge in [0.2, 0.25) is 5.91 Å². The molecular weight excluding hydrogens is 323 g/mol. The van der Waals surface area contributed by atoms with Gasteiger partial charge >= 0.3 is 0 Å². The van der Waals surface area contributed by atoms with Crippen LogP contribution in [0.4, 0.5) is 4.39 Å². The Bertz CT molecular complexity index is 656. The second-order valence-electron chi connectivity index (χ2n) is 7.41. The fraction of sp³-hybridized carbons (Fsp3) is 0.611. The summed E-state index contributed by atoms with van der Waals surface area (Å²) < 4.78 is 19.9. The molecule has 4 rings (SSSR count). The lowest BCUT2D eigenvalue weighted by molar-refractivity contribution is -0.131. The molecule has 136 valence electrons. The number of carbonyl (C=O) groups is 1. The van der Waals surface area contributed by atoms with Crippen LogP contribution in [0.25, 0.3) is 0 Å². The first-order chi connectivity index (χ1) is 12.1. The molecule has 0 spiro atoms. The number of carbonyl (C=O) groups excluding carboxylic acids is 1. The number of benzene rings is 1. The maximum atomic E-state index is 14.1. The number of hydrogen-bond acceptors (Lipinski definition) is 5. The van der Waals surface area contributed by atoms with Crippen molar-refractivity contribution in [3.8, 4) is 0 Å². The SMILES string of the molecule is CN(C)[C@@H]1[C@@H](NC(=O)C2CNNC2c2ccccc2F)[C@H]2CCO[C@H]21. The number of halogens is 1. The molecule has 3 N–H and O–H groups in total. The average molecular weight is 348 g/mol. The summed E-state index contributed by atoms with van der Waals surface area (Å²) >= 11 is 0. The molecule has 1 aromatic carbocycles. The molecule has 0 bridgehead atoms. The number of hydrazine groups is 1. The van der Waals surface area contributed by atoms with Gasteiger partial charge in [0, 0.05) is 24.6 Å². The highest BCUT2D eigenvalue weighted by atomic mass is 19.1. The van der Waals surface area contributed by atoms with Crippen LogP contribution in [0.1, 0.15) is 18.0 Å². The normalized spacial score (nSPS) is 37.0. The molecule has 2 unspecified atom stereocenters. The van der Waals surface area contributed by atoms with Crippen molar-refractivity contribution in [2.75, 3.05) is 27.2 Å². The standard InChI is InChI=1S/C18H25FN4O2/c1-23(2)16-15(11-7-8-25-17(11)16)21-18(24)12-9-20-22-14(12)10-5-3-4-6-13(10)19/h3-6,11-12,14-17,20,22H,7-9H2,1-2H3,(H,21,24)/t11-,12?,14?,15+,16-,17-/m1/s1. The van der Waals surface area contributed by atoms with Gasteiger partial charge in [0.15, 0.2) is 0 Å². The van der Waals surface area contributed by atoms with E-state index in [-0.39, 0.29) is 41.9 Å². The molecule has 7 heteroatoms. The first-order valence-electron chi connectivity index (χ1n) is 8.89. The van der Waals surface area contributed by atoms with Gasteiger partial charge in [0.25, 0.3) is 0 Å². The smallest absolute Gasteiger partial charge is 0.226 e. The summed E-state index contributed by atoms with van der Waals surface area (Å²) in [4.78, 5) is 15.0. The van der Waals surface area contributed by atoms with E-state index >= 15 is 0 Å². The van der Waals surface area contributed by atoms with Crippen LogP contribution >= 0.6 is 0 Å². The maximum absolute atomic E-state index is 14.1. The average Bonchev–Trinajstić information content (AvgIpc) is 3.20. The maximum Gasteiger partial charge on any atom is 0.226 e. The molecule has 2 heterocycles. The first kappa shape index (κ1) is 16.9. The lowest BCUT2D eigenvalue weighted by atomic mass is 9.70. The minimum atomic E-state index is -0.366. The van der Waals surface area contributed by atoms with Gasteiger partial charge in [-0.2, -0.15) is 0 Å². The number of fused-ring (bicyclic) bond motifs is 1. The third-order valence-electron chi connectivity index (χ3n) is 5.81. The van der Waals surface area contributed by atoms with Gasteiger partial charge in [-0.1, -0.05) is 18.2 Å². The van der Waals surface area contributed by atoms with Gasteiger partial charge in [0.1, 0.15) is 5.82 Å². The zero-order valence-electron chi connectivity index (χ0n) is 14.5. The van der Waals surface area contributed by atoms with Crippen LogP contribution in [0.5, 0.6) is 0 Å². The molecule has 2 aliphatic heterocycles. The highest BCUT2D eigenvalue weighted by Gasteiger charge is 2.55. The van der Waals surface area contributed by atoms with E-state index in [1.807, 2.05) is 14.1 Å². The topological polar surface area (TPSA) is 65.6 Å². The summed E-state index contributed by atoms with van der Waals surface area (Å²) in [7, 11) is 4.03. The Labute approximate surface area is 147 Å². The Hall–Kier alpha value is -1.54. The molecule has 0 aromatic heterocycles. The van der Waals surface area contributed by atoms with Crippen molar-refractivity contribution < 1.29 is 13.9 Å². The summed E-state index contributed by atoms with van der Waals surface area (Å²) in [6.45, 7) is 1.24. The molecule has 25 heavy (non-hydrogen) atoms. The van der Waals surface area contributed by atoms with Crippen LogP contribution in [0, 0.1) is 17.7 Å². The quantitative estimate of drug-likeness (QED) is 0.736. The van der Waals surface area contributed by atoms with E-state index in [0.29, 0.717) is 18.0 Å². The van der Waals surface area contributed by atoms with Crippen molar-refractivity contribution in [1.82, 2.24) is 21.1 Å². The van der Waals surface area contributed by atoms with Crippen molar-refractivity contribution in [3.05, 3.63) is 35.6 Å². The zero-order valence-corrected chi connectivity index (χ0v) is 14.5. The summed E-state index contributed by atoms with van der Waals surface area (Å²) in [6.07, 6.45) is 1.19. The number of hydrogen-bond donors (Lipinski definition) is 3. The van der Waals surface area contributed by atoms with Crippen molar-refractivity contribution in [3.63, 3.8) is 0 Å². The van der Waals surface area contributed by atoms with Crippen LogP contribution in [0.3, 0.4) is 0 Å². The minimum absolute atomic E-state index is 0.0343. The molecule has 1 aliphatic carbocycles. The molecule has 3 fully saturated rings. The van der Waals surface area contributed by atoms with E-state index in [0.717, 1.165) is 13.0 Å². The van der Waals surface area contributed by atoms with Gasteiger partial charge in [-0.15, -0.1) is 0 Å². The Balaban J connectivity index is 1.48. The van der Waals surface area contributed by atoms with E-state index in [1.165, 1.54) is 6.07 Å². The van der Waals surface area contributed by atoms with Gasteiger partial charge < -0.3 is 15.0 Å². The molecule has 1 saturated carbocycles. The van der Waals surface area contributed by atoms with Crippen LogP contribution in [-0.4, -0.2) is 56.2 Å². The molecule has 1 aromatic rings. The predicted molar refractivity (Wildman–Crippen MR) is 91.0 cm³/mol. The number of ether oxygens (including phenoxy) is 1. The number of nitrogens with one attached hydrogen (secondary N) is 3. The first-order valence-corrected chi connectivity index (χ1v) is 8.89.